The van der Waals surface area contributed by atoms with E-state index in [-0.39, 0.29) is 0 Å². The summed E-state index contributed by atoms with van der Waals surface area (Å²) < 4.78 is 0. The third kappa shape index (κ3) is 3.10. The second-order valence-electron chi connectivity index (χ2n) is 5.62. The summed E-state index contributed by atoms with van der Waals surface area (Å²) in [6.07, 6.45) is 3.87. The minimum atomic E-state index is 0.387. The maximum absolute atomic E-state index is 6.06. The van der Waals surface area contributed by atoms with Crippen molar-refractivity contribution in [1.29, 1.82) is 0 Å². The molecule has 2 aromatic heterocycles. The summed E-state index contributed by atoms with van der Waals surface area (Å²) in [5.41, 5.74) is 7.48. The van der Waals surface area contributed by atoms with Crippen molar-refractivity contribution in [2.75, 3.05) is 31.2 Å². The van der Waals surface area contributed by atoms with E-state index in [0.29, 0.717) is 23.5 Å². The molecule has 0 aliphatic carbocycles. The van der Waals surface area contributed by atoms with Crippen molar-refractivity contribution >= 4 is 22.8 Å². The van der Waals surface area contributed by atoms with E-state index < -0.39 is 0 Å². The topological polar surface area (TPSA) is 80.0 Å². The standard InChI is InChI=1S/C16H20N6/c1-3-4-11-9-13-14(17)20-16(21-15(13)18-10-11)19-12-5-7-22(2)8-6-12/h9-10,12H,5-8H2,1-2H3,(H3,17,18,19,20,21). The number of hydrogen-bond acceptors (Lipinski definition) is 6. The van der Waals surface area contributed by atoms with Gasteiger partial charge in [0.1, 0.15) is 5.82 Å². The van der Waals surface area contributed by atoms with Crippen LogP contribution < -0.4 is 11.1 Å². The van der Waals surface area contributed by atoms with Gasteiger partial charge in [0.25, 0.3) is 0 Å². The van der Waals surface area contributed by atoms with E-state index in [0.717, 1.165) is 36.9 Å². The Hall–Kier alpha value is -2.39. The van der Waals surface area contributed by atoms with Crippen LogP contribution in [0.25, 0.3) is 11.0 Å². The highest BCUT2D eigenvalue weighted by atomic mass is 15.2. The average Bonchev–Trinajstić information content (AvgIpc) is 2.51. The van der Waals surface area contributed by atoms with Gasteiger partial charge in [-0.15, -0.1) is 5.92 Å². The predicted octanol–water partition coefficient (Wildman–Crippen LogP) is 1.48. The zero-order chi connectivity index (χ0) is 15.5. The zero-order valence-electron chi connectivity index (χ0n) is 12.9. The number of nitrogen functional groups attached to an aromatic ring is 1. The Bertz CT molecular complexity index is 737. The molecule has 0 spiro atoms. The molecule has 0 saturated carbocycles. The lowest BCUT2D eigenvalue weighted by Crippen LogP contribution is -2.37. The summed E-state index contributed by atoms with van der Waals surface area (Å²) >= 11 is 0. The molecule has 6 heteroatoms. The smallest absolute Gasteiger partial charge is 0.226 e. The van der Waals surface area contributed by atoms with Crippen LogP contribution in [0.3, 0.4) is 0 Å². The number of nitrogens with one attached hydrogen (secondary N) is 1. The highest BCUT2D eigenvalue weighted by molar-refractivity contribution is 5.87. The number of pyridine rings is 1. The first kappa shape index (κ1) is 14.5. The van der Waals surface area contributed by atoms with Gasteiger partial charge >= 0.3 is 0 Å². The maximum Gasteiger partial charge on any atom is 0.226 e. The predicted molar refractivity (Wildman–Crippen MR) is 88.4 cm³/mol. The van der Waals surface area contributed by atoms with Gasteiger partial charge in [-0.1, -0.05) is 5.92 Å². The number of rotatable bonds is 2. The molecule has 0 bridgehead atoms. The van der Waals surface area contributed by atoms with Crippen LogP contribution in [-0.4, -0.2) is 46.0 Å². The van der Waals surface area contributed by atoms with Gasteiger partial charge in [-0.3, -0.25) is 0 Å². The molecule has 3 rings (SSSR count). The van der Waals surface area contributed by atoms with Crippen molar-refractivity contribution in [2.24, 2.45) is 0 Å². The molecule has 2 aromatic rings. The molecule has 6 nitrogen and oxygen atoms in total. The van der Waals surface area contributed by atoms with E-state index in [1.54, 1.807) is 13.1 Å². The SMILES string of the molecule is CC#Cc1cnc2nc(NC3CCN(C)CC3)nc(N)c2c1. The molecule has 3 heterocycles. The molecule has 1 fully saturated rings. The fourth-order valence-corrected chi connectivity index (χ4v) is 2.65. The van der Waals surface area contributed by atoms with Crippen LogP contribution in [0, 0.1) is 11.8 Å². The maximum atomic E-state index is 6.06. The number of likely N-dealkylation sites (tertiary alicyclic amines) is 1. The van der Waals surface area contributed by atoms with Crippen molar-refractivity contribution in [2.45, 2.75) is 25.8 Å². The minimum Gasteiger partial charge on any atom is -0.383 e. The van der Waals surface area contributed by atoms with Gasteiger partial charge in [0.15, 0.2) is 5.65 Å². The summed E-state index contributed by atoms with van der Waals surface area (Å²) in [5, 5.41) is 4.12. The fourth-order valence-electron chi connectivity index (χ4n) is 2.65. The normalized spacial score (nSPS) is 16.3. The van der Waals surface area contributed by atoms with E-state index in [4.69, 9.17) is 5.73 Å². The van der Waals surface area contributed by atoms with Crippen LogP contribution in [0.1, 0.15) is 25.3 Å². The van der Waals surface area contributed by atoms with Crippen molar-refractivity contribution in [1.82, 2.24) is 19.9 Å². The molecule has 0 amide bonds. The minimum absolute atomic E-state index is 0.387. The van der Waals surface area contributed by atoms with E-state index in [9.17, 15) is 0 Å². The first-order valence-corrected chi connectivity index (χ1v) is 7.47. The number of nitrogens with zero attached hydrogens (tertiary/aromatic N) is 4. The molecule has 3 N–H and O–H groups in total. The average molecular weight is 296 g/mol. The molecule has 0 radical (unpaired) electrons. The lowest BCUT2D eigenvalue weighted by molar-refractivity contribution is 0.263. The van der Waals surface area contributed by atoms with Crippen LogP contribution in [0.4, 0.5) is 11.8 Å². The van der Waals surface area contributed by atoms with Crippen molar-refractivity contribution in [3.63, 3.8) is 0 Å². The van der Waals surface area contributed by atoms with Crippen LogP contribution in [0.2, 0.25) is 0 Å². The Balaban J connectivity index is 1.85. The molecule has 114 valence electrons. The third-order valence-corrected chi connectivity index (χ3v) is 3.90. The Labute approximate surface area is 130 Å². The van der Waals surface area contributed by atoms with E-state index >= 15 is 0 Å². The van der Waals surface area contributed by atoms with Gasteiger partial charge in [-0.05, 0) is 46.0 Å². The molecule has 22 heavy (non-hydrogen) atoms. The van der Waals surface area contributed by atoms with Gasteiger partial charge < -0.3 is 16.0 Å². The van der Waals surface area contributed by atoms with E-state index in [2.05, 4.69) is 44.1 Å². The quantitative estimate of drug-likeness (QED) is 0.817. The Morgan fingerprint density at radius 1 is 1.32 bits per heavy atom. The molecular weight excluding hydrogens is 276 g/mol. The van der Waals surface area contributed by atoms with Gasteiger partial charge in [0.2, 0.25) is 5.95 Å². The Morgan fingerprint density at radius 3 is 2.82 bits per heavy atom. The van der Waals surface area contributed by atoms with Crippen molar-refractivity contribution < 1.29 is 0 Å². The molecule has 1 saturated heterocycles. The fraction of sp³-hybridized carbons (Fsp3) is 0.438. The first-order chi connectivity index (χ1) is 10.7. The largest absolute Gasteiger partial charge is 0.383 e. The Morgan fingerprint density at radius 2 is 2.09 bits per heavy atom. The Kier molecular flexibility index (Phi) is 4.07. The molecule has 0 aromatic carbocycles. The van der Waals surface area contributed by atoms with Gasteiger partial charge in [0, 0.05) is 17.8 Å². The van der Waals surface area contributed by atoms with Gasteiger partial charge in [0.05, 0.1) is 5.39 Å². The number of aromatic nitrogens is 3. The zero-order valence-corrected chi connectivity index (χ0v) is 12.9. The summed E-state index contributed by atoms with van der Waals surface area (Å²) in [4.78, 5) is 15.5. The van der Waals surface area contributed by atoms with Crippen LogP contribution in [0.5, 0.6) is 0 Å². The second-order valence-corrected chi connectivity index (χ2v) is 5.62. The molecular formula is C16H20N6. The number of nitrogens with two attached hydrogens (primary N) is 1. The summed E-state index contributed by atoms with van der Waals surface area (Å²) in [6.45, 7) is 3.95. The molecule has 0 atom stereocenters. The number of piperidine rings is 1. The lowest BCUT2D eigenvalue weighted by atomic mass is 10.1. The summed E-state index contributed by atoms with van der Waals surface area (Å²) in [5.74, 6) is 6.81. The van der Waals surface area contributed by atoms with Crippen LogP contribution >= 0.6 is 0 Å². The van der Waals surface area contributed by atoms with E-state index in [1.165, 1.54) is 0 Å². The van der Waals surface area contributed by atoms with E-state index in [1.807, 2.05) is 6.07 Å². The van der Waals surface area contributed by atoms with Crippen LogP contribution in [0.15, 0.2) is 12.3 Å². The van der Waals surface area contributed by atoms with Crippen molar-refractivity contribution in [3.05, 3.63) is 17.8 Å². The van der Waals surface area contributed by atoms with Crippen molar-refractivity contribution in [3.8, 4) is 11.8 Å². The first-order valence-electron chi connectivity index (χ1n) is 7.47. The highest BCUT2D eigenvalue weighted by Gasteiger charge is 2.18. The summed E-state index contributed by atoms with van der Waals surface area (Å²) in [6, 6.07) is 2.27. The summed E-state index contributed by atoms with van der Waals surface area (Å²) in [7, 11) is 2.14. The number of fused-ring (bicyclic) bond motifs is 1. The van der Waals surface area contributed by atoms with Gasteiger partial charge in [-0.2, -0.15) is 9.97 Å². The number of hydrogen-bond donors (Lipinski definition) is 2. The number of anilines is 2. The van der Waals surface area contributed by atoms with Gasteiger partial charge in [-0.25, -0.2) is 4.98 Å². The third-order valence-electron chi connectivity index (χ3n) is 3.90. The highest BCUT2D eigenvalue weighted by Crippen LogP contribution is 2.20. The monoisotopic (exact) mass is 296 g/mol. The molecule has 0 unspecified atom stereocenters. The molecule has 1 aliphatic heterocycles. The molecule has 1 aliphatic rings. The van der Waals surface area contributed by atoms with Crippen LogP contribution in [-0.2, 0) is 0 Å². The second kappa shape index (κ2) is 6.16. The lowest BCUT2D eigenvalue weighted by Gasteiger charge is -2.29.